The molecular formula is C12H16N4O2S. The van der Waals surface area contributed by atoms with Crippen LogP contribution in [-0.2, 0) is 9.59 Å². The van der Waals surface area contributed by atoms with Gasteiger partial charge in [-0.15, -0.1) is 10.2 Å². The number of hydrogen-bond donors (Lipinski definition) is 1. The lowest BCUT2D eigenvalue weighted by molar-refractivity contribution is -0.123. The molecule has 1 aliphatic heterocycles. The van der Waals surface area contributed by atoms with Crippen LogP contribution in [0, 0.1) is 5.92 Å². The van der Waals surface area contributed by atoms with Gasteiger partial charge in [0.25, 0.3) is 0 Å². The highest BCUT2D eigenvalue weighted by Crippen LogP contribution is 2.38. The van der Waals surface area contributed by atoms with E-state index in [1.807, 2.05) is 0 Å². The Balaban J connectivity index is 1.75. The molecular weight excluding hydrogens is 264 g/mol. The third kappa shape index (κ3) is 2.34. The number of nitrogens with two attached hydrogens (primary N) is 1. The third-order valence-corrected chi connectivity index (χ3v) is 5.00. The molecule has 1 unspecified atom stereocenters. The van der Waals surface area contributed by atoms with E-state index in [2.05, 4.69) is 10.2 Å². The fourth-order valence-electron chi connectivity index (χ4n) is 2.76. The number of carbonyl (C=O) groups excluding carboxylic acids is 2. The molecule has 2 aliphatic rings. The van der Waals surface area contributed by atoms with Gasteiger partial charge in [-0.2, -0.15) is 0 Å². The third-order valence-electron chi connectivity index (χ3n) is 3.89. The Bertz CT molecular complexity index is 510. The Hall–Kier alpha value is -1.50. The summed E-state index contributed by atoms with van der Waals surface area (Å²) < 4.78 is 0. The van der Waals surface area contributed by atoms with Crippen LogP contribution in [0.25, 0.3) is 0 Å². The minimum Gasteiger partial charge on any atom is -0.369 e. The molecule has 1 saturated carbocycles. The second kappa shape index (κ2) is 4.88. The van der Waals surface area contributed by atoms with E-state index >= 15 is 0 Å². The Morgan fingerprint density at radius 1 is 1.32 bits per heavy atom. The molecule has 19 heavy (non-hydrogen) atoms. The lowest BCUT2D eigenvalue weighted by atomic mass is 10.1. The van der Waals surface area contributed by atoms with Crippen molar-refractivity contribution in [2.24, 2.45) is 11.7 Å². The van der Waals surface area contributed by atoms with Crippen LogP contribution in [0.3, 0.4) is 0 Å². The van der Waals surface area contributed by atoms with Crippen LogP contribution >= 0.6 is 11.3 Å². The maximum atomic E-state index is 11.9. The first-order valence-corrected chi connectivity index (χ1v) is 7.40. The summed E-state index contributed by atoms with van der Waals surface area (Å²) in [7, 11) is 0. The summed E-state index contributed by atoms with van der Waals surface area (Å²) in [4.78, 5) is 24.6. The fraction of sp³-hybridized carbons (Fsp3) is 0.667. The summed E-state index contributed by atoms with van der Waals surface area (Å²) in [6, 6.07) is 0. The molecule has 102 valence electrons. The predicted octanol–water partition coefficient (Wildman–Crippen LogP) is 1.03. The smallest absolute Gasteiger partial charge is 0.229 e. The fourth-order valence-corrected chi connectivity index (χ4v) is 3.80. The highest BCUT2D eigenvalue weighted by Gasteiger charge is 2.36. The number of nitrogens with zero attached hydrogens (tertiary/aromatic N) is 3. The molecule has 2 fully saturated rings. The number of primary amides is 1. The van der Waals surface area contributed by atoms with Crippen molar-refractivity contribution < 1.29 is 9.59 Å². The van der Waals surface area contributed by atoms with Crippen LogP contribution in [0.15, 0.2) is 0 Å². The van der Waals surface area contributed by atoms with E-state index in [1.54, 1.807) is 4.90 Å². The van der Waals surface area contributed by atoms with Crippen molar-refractivity contribution >= 4 is 28.3 Å². The molecule has 0 radical (unpaired) electrons. The van der Waals surface area contributed by atoms with E-state index < -0.39 is 11.8 Å². The minimum atomic E-state index is -0.420. The van der Waals surface area contributed by atoms with Crippen molar-refractivity contribution in [3.05, 3.63) is 5.01 Å². The first kappa shape index (κ1) is 12.5. The van der Waals surface area contributed by atoms with E-state index in [0.29, 0.717) is 17.6 Å². The second-order valence-corrected chi connectivity index (χ2v) is 6.20. The molecule has 1 atom stereocenters. The van der Waals surface area contributed by atoms with Gasteiger partial charge in [0.2, 0.25) is 16.9 Å². The van der Waals surface area contributed by atoms with Gasteiger partial charge in [-0.3, -0.25) is 14.5 Å². The molecule has 7 heteroatoms. The number of hydrogen-bond acceptors (Lipinski definition) is 5. The van der Waals surface area contributed by atoms with Crippen LogP contribution in [0.1, 0.15) is 43.0 Å². The highest BCUT2D eigenvalue weighted by atomic mass is 32.1. The van der Waals surface area contributed by atoms with Crippen molar-refractivity contribution in [2.45, 2.75) is 38.0 Å². The molecule has 1 saturated heterocycles. The number of anilines is 1. The normalized spacial score (nSPS) is 24.3. The first-order valence-electron chi connectivity index (χ1n) is 6.58. The summed E-state index contributed by atoms with van der Waals surface area (Å²) in [6.45, 7) is 0.341. The summed E-state index contributed by atoms with van der Waals surface area (Å²) in [5, 5.41) is 9.94. The zero-order valence-electron chi connectivity index (χ0n) is 10.5. The van der Waals surface area contributed by atoms with Crippen LogP contribution in [0.2, 0.25) is 0 Å². The van der Waals surface area contributed by atoms with Crippen LogP contribution in [0.5, 0.6) is 0 Å². The summed E-state index contributed by atoms with van der Waals surface area (Å²) >= 11 is 1.48. The van der Waals surface area contributed by atoms with E-state index in [1.165, 1.54) is 24.2 Å². The van der Waals surface area contributed by atoms with E-state index in [-0.39, 0.29) is 12.3 Å². The Morgan fingerprint density at radius 3 is 2.68 bits per heavy atom. The largest absolute Gasteiger partial charge is 0.369 e. The minimum absolute atomic E-state index is 0.0853. The molecule has 0 bridgehead atoms. The monoisotopic (exact) mass is 280 g/mol. The van der Waals surface area contributed by atoms with Crippen molar-refractivity contribution in [1.82, 2.24) is 10.2 Å². The topological polar surface area (TPSA) is 89.2 Å². The van der Waals surface area contributed by atoms with Crippen LogP contribution in [0.4, 0.5) is 5.13 Å². The summed E-state index contributed by atoms with van der Waals surface area (Å²) in [6.07, 6.45) is 4.99. The van der Waals surface area contributed by atoms with Gasteiger partial charge in [0.1, 0.15) is 5.01 Å². The standard InChI is InChI=1S/C12H16N4O2S/c13-10(18)8-5-9(17)16(6-8)12-15-14-11(19-12)7-3-1-2-4-7/h7-8H,1-6H2,(H2,13,18). The Kier molecular flexibility index (Phi) is 3.22. The van der Waals surface area contributed by atoms with Crippen molar-refractivity contribution in [3.63, 3.8) is 0 Å². The molecule has 2 heterocycles. The van der Waals surface area contributed by atoms with Crippen molar-refractivity contribution in [1.29, 1.82) is 0 Å². The molecule has 3 rings (SSSR count). The molecule has 1 aliphatic carbocycles. The Morgan fingerprint density at radius 2 is 2.05 bits per heavy atom. The van der Waals surface area contributed by atoms with Crippen LogP contribution < -0.4 is 10.6 Å². The van der Waals surface area contributed by atoms with Crippen molar-refractivity contribution in [2.75, 3.05) is 11.4 Å². The highest BCUT2D eigenvalue weighted by molar-refractivity contribution is 7.15. The van der Waals surface area contributed by atoms with Gasteiger partial charge in [-0.1, -0.05) is 24.2 Å². The van der Waals surface area contributed by atoms with Gasteiger partial charge < -0.3 is 5.73 Å². The molecule has 0 spiro atoms. The lowest BCUT2D eigenvalue weighted by Crippen LogP contribution is -2.28. The summed E-state index contributed by atoms with van der Waals surface area (Å²) in [5.41, 5.74) is 5.25. The maximum absolute atomic E-state index is 11.9. The van der Waals surface area contributed by atoms with E-state index in [9.17, 15) is 9.59 Å². The molecule has 2 amide bonds. The van der Waals surface area contributed by atoms with Gasteiger partial charge >= 0.3 is 0 Å². The quantitative estimate of drug-likeness (QED) is 0.895. The molecule has 2 N–H and O–H groups in total. The van der Waals surface area contributed by atoms with Gasteiger partial charge in [-0.25, -0.2) is 0 Å². The predicted molar refractivity (Wildman–Crippen MR) is 70.8 cm³/mol. The molecule has 6 nitrogen and oxygen atoms in total. The maximum Gasteiger partial charge on any atom is 0.229 e. The zero-order valence-corrected chi connectivity index (χ0v) is 11.4. The first-order chi connectivity index (χ1) is 9.15. The number of rotatable bonds is 3. The Labute approximate surface area is 115 Å². The molecule has 1 aromatic heterocycles. The average molecular weight is 280 g/mol. The summed E-state index contributed by atoms with van der Waals surface area (Å²) in [5.74, 6) is -0.406. The average Bonchev–Trinajstić information content (AvgIpc) is 3.07. The van der Waals surface area contributed by atoms with Crippen molar-refractivity contribution in [3.8, 4) is 0 Å². The zero-order chi connectivity index (χ0) is 13.4. The molecule has 0 aromatic carbocycles. The molecule has 1 aromatic rings. The van der Waals surface area contributed by atoms with Gasteiger partial charge in [0.15, 0.2) is 0 Å². The van der Waals surface area contributed by atoms with Gasteiger partial charge in [-0.05, 0) is 12.8 Å². The van der Waals surface area contributed by atoms with E-state index in [0.717, 1.165) is 17.8 Å². The second-order valence-electron chi connectivity index (χ2n) is 5.21. The SMILES string of the molecule is NC(=O)C1CC(=O)N(c2nnc(C3CCCC3)s2)C1. The number of aromatic nitrogens is 2. The number of carbonyl (C=O) groups is 2. The van der Waals surface area contributed by atoms with Gasteiger partial charge in [0.05, 0.1) is 5.92 Å². The lowest BCUT2D eigenvalue weighted by Gasteiger charge is -2.10. The van der Waals surface area contributed by atoms with Crippen LogP contribution in [-0.4, -0.2) is 28.6 Å². The van der Waals surface area contributed by atoms with Gasteiger partial charge in [0, 0.05) is 18.9 Å². The van der Waals surface area contributed by atoms with E-state index in [4.69, 9.17) is 5.73 Å². The number of amides is 2.